The number of rotatable bonds is 9. The molecule has 2 aromatic carbocycles. The van der Waals surface area contributed by atoms with Crippen molar-refractivity contribution in [2.75, 3.05) is 13.7 Å². The number of amides is 2. The molecule has 0 aliphatic rings. The minimum atomic E-state index is -0.617. The van der Waals surface area contributed by atoms with Crippen LogP contribution in [0.15, 0.2) is 46.9 Å². The van der Waals surface area contributed by atoms with Crippen LogP contribution < -0.4 is 10.1 Å². The van der Waals surface area contributed by atoms with Crippen molar-refractivity contribution < 1.29 is 14.3 Å². The van der Waals surface area contributed by atoms with Crippen LogP contribution in [-0.2, 0) is 16.1 Å². The maximum absolute atomic E-state index is 13.1. The lowest BCUT2D eigenvalue weighted by Gasteiger charge is -2.30. The number of ether oxygens (including phenoxy) is 1. The third-order valence-corrected chi connectivity index (χ3v) is 5.89. The topological polar surface area (TPSA) is 58.6 Å². The summed E-state index contributed by atoms with van der Waals surface area (Å²) in [7, 11) is 1.56. The highest BCUT2D eigenvalue weighted by Gasteiger charge is 2.29. The van der Waals surface area contributed by atoms with Gasteiger partial charge in [0.1, 0.15) is 11.8 Å². The van der Waals surface area contributed by atoms with E-state index in [4.69, 9.17) is 16.3 Å². The van der Waals surface area contributed by atoms with Gasteiger partial charge in [-0.3, -0.25) is 9.59 Å². The molecule has 0 saturated carbocycles. The molecule has 0 radical (unpaired) electrons. The number of nitrogens with zero attached hydrogens (tertiary/aromatic N) is 1. The number of hydrogen-bond donors (Lipinski definition) is 1. The highest BCUT2D eigenvalue weighted by Crippen LogP contribution is 2.29. The average molecular weight is 496 g/mol. The molecule has 0 aliphatic carbocycles. The van der Waals surface area contributed by atoms with Gasteiger partial charge in [0, 0.05) is 18.6 Å². The van der Waals surface area contributed by atoms with E-state index < -0.39 is 6.04 Å². The molecule has 7 heteroatoms. The molecule has 0 aromatic heterocycles. The van der Waals surface area contributed by atoms with Gasteiger partial charge in [0.15, 0.2) is 6.61 Å². The zero-order chi connectivity index (χ0) is 22.3. The fourth-order valence-electron chi connectivity index (χ4n) is 3.11. The molecule has 2 rings (SSSR count). The first kappa shape index (κ1) is 24.2. The van der Waals surface area contributed by atoms with Gasteiger partial charge in [-0.05, 0) is 57.6 Å². The van der Waals surface area contributed by atoms with Crippen molar-refractivity contribution in [3.63, 3.8) is 0 Å². The van der Waals surface area contributed by atoms with Gasteiger partial charge in [-0.25, -0.2) is 0 Å². The van der Waals surface area contributed by atoms with Crippen LogP contribution in [0.3, 0.4) is 0 Å². The summed E-state index contributed by atoms with van der Waals surface area (Å²) in [5.41, 5.74) is 1.95. The second-order valence-corrected chi connectivity index (χ2v) is 8.55. The van der Waals surface area contributed by atoms with Crippen LogP contribution in [0.1, 0.15) is 44.2 Å². The zero-order valence-electron chi connectivity index (χ0n) is 17.7. The molecule has 1 atom stereocenters. The predicted molar refractivity (Wildman–Crippen MR) is 124 cm³/mol. The monoisotopic (exact) mass is 494 g/mol. The van der Waals surface area contributed by atoms with Crippen LogP contribution in [0.25, 0.3) is 0 Å². The molecule has 2 aromatic rings. The number of carbonyl (C=O) groups excluding carboxylic acids is 2. The number of hydrogen-bond acceptors (Lipinski definition) is 3. The molecule has 0 aliphatic heterocycles. The first-order valence-corrected chi connectivity index (χ1v) is 11.1. The van der Waals surface area contributed by atoms with Gasteiger partial charge in [0.25, 0.3) is 5.91 Å². The van der Waals surface area contributed by atoms with Crippen molar-refractivity contribution in [1.29, 1.82) is 0 Å². The Hall–Kier alpha value is -2.05. The number of carbonyl (C=O) groups is 2. The van der Waals surface area contributed by atoms with Crippen LogP contribution >= 0.6 is 27.5 Å². The Labute approximate surface area is 191 Å². The summed E-state index contributed by atoms with van der Waals surface area (Å²) in [6.07, 6.45) is 0.475. The van der Waals surface area contributed by atoms with Crippen molar-refractivity contribution in [2.45, 2.75) is 45.7 Å². The highest BCUT2D eigenvalue weighted by molar-refractivity contribution is 9.10. The largest absolute Gasteiger partial charge is 0.483 e. The Morgan fingerprint density at radius 1 is 1.20 bits per heavy atom. The quantitative estimate of drug-likeness (QED) is 0.523. The molecule has 1 N–H and O–H groups in total. The van der Waals surface area contributed by atoms with Crippen molar-refractivity contribution in [3.05, 3.63) is 63.1 Å². The van der Waals surface area contributed by atoms with E-state index in [9.17, 15) is 9.59 Å². The molecule has 0 bridgehead atoms. The molecule has 0 unspecified atom stereocenters. The molecule has 0 saturated heterocycles. The van der Waals surface area contributed by atoms with Gasteiger partial charge in [-0.2, -0.15) is 0 Å². The van der Waals surface area contributed by atoms with E-state index in [1.807, 2.05) is 43.3 Å². The second kappa shape index (κ2) is 11.4. The van der Waals surface area contributed by atoms with Crippen molar-refractivity contribution in [1.82, 2.24) is 10.2 Å². The molecule has 0 spiro atoms. The van der Waals surface area contributed by atoms with Crippen LogP contribution in [0.2, 0.25) is 5.02 Å². The summed E-state index contributed by atoms with van der Waals surface area (Å²) >= 11 is 9.80. The highest BCUT2D eigenvalue weighted by atomic mass is 79.9. The van der Waals surface area contributed by atoms with Crippen LogP contribution in [0.4, 0.5) is 0 Å². The standard InChI is InChI=1S/C23H28BrClN2O3/c1-5-20(23(29)26-4)27(13-17-8-6-7-9-19(17)25)22(28)14-30-21-11-10-16(15(2)3)12-18(21)24/h6-12,15,20H,5,13-14H2,1-4H3,(H,26,29)/t20-/m0/s1. The number of nitrogens with one attached hydrogen (secondary N) is 1. The van der Waals surface area contributed by atoms with Crippen LogP contribution in [0, 0.1) is 0 Å². The lowest BCUT2D eigenvalue weighted by atomic mass is 10.0. The summed E-state index contributed by atoms with van der Waals surface area (Å²) in [5.74, 6) is 0.463. The Morgan fingerprint density at radius 3 is 2.47 bits per heavy atom. The SMILES string of the molecule is CC[C@@H](C(=O)NC)N(Cc1ccccc1Cl)C(=O)COc1ccc(C(C)C)cc1Br. The minimum Gasteiger partial charge on any atom is -0.483 e. The number of halogens is 2. The van der Waals surface area contributed by atoms with Gasteiger partial charge in [0.05, 0.1) is 4.47 Å². The van der Waals surface area contributed by atoms with E-state index in [0.29, 0.717) is 23.1 Å². The van der Waals surface area contributed by atoms with E-state index in [1.165, 1.54) is 10.5 Å². The molecular weight excluding hydrogens is 468 g/mol. The van der Waals surface area contributed by atoms with Gasteiger partial charge in [-0.15, -0.1) is 0 Å². The average Bonchev–Trinajstić information content (AvgIpc) is 2.73. The predicted octanol–water partition coefficient (Wildman–Crippen LogP) is 5.16. The Kier molecular flexibility index (Phi) is 9.18. The lowest BCUT2D eigenvalue weighted by Crippen LogP contribution is -2.49. The van der Waals surface area contributed by atoms with E-state index in [1.54, 1.807) is 13.1 Å². The zero-order valence-corrected chi connectivity index (χ0v) is 20.1. The van der Waals surface area contributed by atoms with E-state index in [-0.39, 0.29) is 25.0 Å². The fraction of sp³-hybridized carbons (Fsp3) is 0.391. The summed E-state index contributed by atoms with van der Waals surface area (Å²) in [6, 6.07) is 12.5. The smallest absolute Gasteiger partial charge is 0.261 e. The summed E-state index contributed by atoms with van der Waals surface area (Å²) in [6.45, 7) is 6.14. The molecule has 5 nitrogen and oxygen atoms in total. The number of likely N-dealkylation sites (N-methyl/N-ethyl adjacent to an activating group) is 1. The van der Waals surface area contributed by atoms with Crippen LogP contribution in [0.5, 0.6) is 5.75 Å². The van der Waals surface area contributed by atoms with Gasteiger partial charge in [-0.1, -0.05) is 56.6 Å². The molecule has 0 fully saturated rings. The first-order chi connectivity index (χ1) is 14.3. The maximum Gasteiger partial charge on any atom is 0.261 e. The van der Waals surface area contributed by atoms with E-state index in [0.717, 1.165) is 10.0 Å². The Morgan fingerprint density at radius 2 is 1.90 bits per heavy atom. The van der Waals surface area contributed by atoms with Gasteiger partial charge < -0.3 is 15.0 Å². The number of benzene rings is 2. The molecule has 2 amide bonds. The minimum absolute atomic E-state index is 0.183. The second-order valence-electron chi connectivity index (χ2n) is 7.28. The van der Waals surface area contributed by atoms with Crippen molar-refractivity contribution in [2.24, 2.45) is 0 Å². The molecule has 30 heavy (non-hydrogen) atoms. The van der Waals surface area contributed by atoms with Crippen LogP contribution in [-0.4, -0.2) is 36.4 Å². The Bertz CT molecular complexity index is 889. The van der Waals surface area contributed by atoms with Gasteiger partial charge in [0.2, 0.25) is 5.91 Å². The van der Waals surface area contributed by atoms with Crippen molar-refractivity contribution in [3.8, 4) is 5.75 Å². The lowest BCUT2D eigenvalue weighted by molar-refractivity contribution is -0.142. The van der Waals surface area contributed by atoms with Crippen molar-refractivity contribution >= 4 is 39.3 Å². The summed E-state index contributed by atoms with van der Waals surface area (Å²) in [5, 5.41) is 3.19. The van der Waals surface area contributed by atoms with E-state index >= 15 is 0 Å². The maximum atomic E-state index is 13.1. The fourth-order valence-corrected chi connectivity index (χ4v) is 3.82. The first-order valence-electron chi connectivity index (χ1n) is 9.95. The summed E-state index contributed by atoms with van der Waals surface area (Å²) < 4.78 is 6.58. The normalized spacial score (nSPS) is 11.8. The third-order valence-electron chi connectivity index (χ3n) is 4.90. The Balaban J connectivity index is 2.21. The molecular formula is C23H28BrClN2O3. The van der Waals surface area contributed by atoms with Gasteiger partial charge >= 0.3 is 0 Å². The third kappa shape index (κ3) is 6.22. The summed E-state index contributed by atoms with van der Waals surface area (Å²) in [4.78, 5) is 27.0. The van der Waals surface area contributed by atoms with E-state index in [2.05, 4.69) is 35.1 Å². The molecule has 0 heterocycles. The molecule has 162 valence electrons.